The van der Waals surface area contributed by atoms with Crippen LogP contribution in [0.15, 0.2) is 139 Å². The lowest BCUT2D eigenvalue weighted by Gasteiger charge is -2.21. The SMILES string of the molecule is CCCSc1ccc(S(=O)(=O)N2C/C=C/CN(S(=O)(=O)c3ccc(SCCC)cc3)C/C=C/CN(S(=O)(=O)c3ccc(SCCC)cc3)C/C=C/C2)cc1. The van der Waals surface area contributed by atoms with Gasteiger partial charge in [0.2, 0.25) is 30.1 Å². The fourth-order valence-corrected chi connectivity index (χ4v) is 11.5. The highest BCUT2D eigenvalue weighted by atomic mass is 32.2. The Morgan fingerprint density at radius 1 is 0.389 bits per heavy atom. The second-order valence-electron chi connectivity index (χ2n) is 12.3. The summed E-state index contributed by atoms with van der Waals surface area (Å²) in [5.41, 5.74) is 0. The van der Waals surface area contributed by atoms with E-state index in [4.69, 9.17) is 0 Å². The van der Waals surface area contributed by atoms with Crippen molar-refractivity contribution in [2.24, 2.45) is 0 Å². The maximum atomic E-state index is 13.9. The summed E-state index contributed by atoms with van der Waals surface area (Å²) in [6, 6.07) is 20.4. The Kier molecular flexibility index (Phi) is 17.9. The van der Waals surface area contributed by atoms with Crippen molar-refractivity contribution < 1.29 is 25.3 Å². The zero-order valence-corrected chi connectivity index (χ0v) is 36.0. The third kappa shape index (κ3) is 12.6. The van der Waals surface area contributed by atoms with E-state index in [1.807, 2.05) is 0 Å². The maximum absolute atomic E-state index is 13.9. The van der Waals surface area contributed by atoms with Crippen molar-refractivity contribution in [2.75, 3.05) is 56.5 Å². The van der Waals surface area contributed by atoms with Gasteiger partial charge in [0.25, 0.3) is 0 Å². The molecule has 294 valence electrons. The van der Waals surface area contributed by atoms with Crippen LogP contribution in [0.4, 0.5) is 0 Å². The molecule has 0 saturated heterocycles. The highest BCUT2D eigenvalue weighted by Crippen LogP contribution is 2.26. The molecule has 0 radical (unpaired) electrons. The van der Waals surface area contributed by atoms with Crippen LogP contribution in [0.1, 0.15) is 40.0 Å². The monoisotopic (exact) mass is 849 g/mol. The average molecular weight is 850 g/mol. The van der Waals surface area contributed by atoms with E-state index in [0.717, 1.165) is 51.2 Å². The number of hydrogen-bond acceptors (Lipinski definition) is 9. The Labute approximate surface area is 336 Å². The third-order valence-corrected chi connectivity index (χ3v) is 17.3. The van der Waals surface area contributed by atoms with Crippen LogP contribution in [0.25, 0.3) is 0 Å². The number of thioether (sulfide) groups is 3. The van der Waals surface area contributed by atoms with Crippen LogP contribution in [0, 0.1) is 0 Å². The summed E-state index contributed by atoms with van der Waals surface area (Å²) in [6.07, 6.45) is 13.0. The van der Waals surface area contributed by atoms with Gasteiger partial charge in [0.15, 0.2) is 0 Å². The van der Waals surface area contributed by atoms with Crippen molar-refractivity contribution in [2.45, 2.75) is 69.4 Å². The molecule has 9 nitrogen and oxygen atoms in total. The first-order valence-electron chi connectivity index (χ1n) is 18.1. The van der Waals surface area contributed by atoms with Gasteiger partial charge >= 0.3 is 0 Å². The molecule has 0 saturated carbocycles. The van der Waals surface area contributed by atoms with Crippen molar-refractivity contribution in [3.63, 3.8) is 0 Å². The molecule has 3 aromatic rings. The Morgan fingerprint density at radius 2 is 0.593 bits per heavy atom. The zero-order valence-electron chi connectivity index (χ0n) is 31.1. The van der Waals surface area contributed by atoms with E-state index in [-0.39, 0.29) is 54.0 Å². The van der Waals surface area contributed by atoms with Crippen LogP contribution in [0.3, 0.4) is 0 Å². The molecule has 1 aliphatic heterocycles. The number of hydrogen-bond donors (Lipinski definition) is 0. The summed E-state index contributed by atoms with van der Waals surface area (Å²) in [7, 11) is -11.9. The molecular weight excluding hydrogens is 799 g/mol. The molecule has 4 rings (SSSR count). The summed E-state index contributed by atoms with van der Waals surface area (Å²) in [5.74, 6) is 2.78. The minimum Gasteiger partial charge on any atom is -0.207 e. The van der Waals surface area contributed by atoms with Gasteiger partial charge < -0.3 is 0 Å². The molecule has 3 aromatic carbocycles. The van der Waals surface area contributed by atoms with Crippen LogP contribution in [0.2, 0.25) is 0 Å². The van der Waals surface area contributed by atoms with Crippen molar-refractivity contribution in [1.29, 1.82) is 0 Å². The van der Waals surface area contributed by atoms with Gasteiger partial charge in [0.05, 0.1) is 14.7 Å². The van der Waals surface area contributed by atoms with Gasteiger partial charge in [0.1, 0.15) is 0 Å². The Hall–Kier alpha value is -2.34. The normalized spacial score (nSPS) is 18.1. The van der Waals surface area contributed by atoms with Crippen molar-refractivity contribution in [1.82, 2.24) is 12.9 Å². The van der Waals surface area contributed by atoms with E-state index in [9.17, 15) is 25.3 Å². The Bertz CT molecular complexity index is 1770. The van der Waals surface area contributed by atoms with E-state index in [1.165, 1.54) is 12.9 Å². The van der Waals surface area contributed by atoms with E-state index in [0.29, 0.717) is 0 Å². The Morgan fingerprint density at radius 3 is 0.778 bits per heavy atom. The summed E-state index contributed by atoms with van der Waals surface area (Å²) in [6.45, 7) is 6.16. The zero-order chi connectivity index (χ0) is 39.0. The van der Waals surface area contributed by atoms with E-state index < -0.39 is 30.1 Å². The second kappa shape index (κ2) is 21.8. The average Bonchev–Trinajstić information content (AvgIpc) is 3.18. The first kappa shape index (κ1) is 44.4. The molecular formula is C39H51N3O6S6. The number of benzene rings is 3. The lowest BCUT2D eigenvalue weighted by atomic mass is 10.4. The Balaban J connectivity index is 1.67. The molecule has 54 heavy (non-hydrogen) atoms. The molecule has 0 bridgehead atoms. The summed E-state index contributed by atoms with van der Waals surface area (Å²) < 4.78 is 87.5. The number of sulfonamides is 3. The standard InChI is InChI=1S/C39H51N3O6S6/c1-4-31-49-34-13-19-37(20-14-34)52(43,44)40-25-7-9-27-41(53(45,46)38-21-15-35(16-22-38)50-32-5-2)29-11-12-30-42(28-10-8-26-40)54(47,48)39-23-17-36(18-24-39)51-33-6-3/h7-24H,4-6,25-33H2,1-3H3/b9-7+,10-8+,12-11+. The van der Waals surface area contributed by atoms with Crippen LogP contribution < -0.4 is 0 Å². The van der Waals surface area contributed by atoms with Gasteiger partial charge in [-0.2, -0.15) is 12.9 Å². The van der Waals surface area contributed by atoms with Gasteiger partial charge in [0, 0.05) is 54.0 Å². The molecule has 0 N–H and O–H groups in total. The first-order chi connectivity index (χ1) is 25.9. The fraction of sp³-hybridized carbons (Fsp3) is 0.385. The molecule has 1 heterocycles. The van der Waals surface area contributed by atoms with Crippen LogP contribution in [-0.4, -0.2) is 94.7 Å². The molecule has 0 amide bonds. The largest absolute Gasteiger partial charge is 0.243 e. The maximum Gasteiger partial charge on any atom is 0.243 e. The van der Waals surface area contributed by atoms with E-state index in [2.05, 4.69) is 20.8 Å². The fourth-order valence-electron chi connectivity index (χ4n) is 5.20. The van der Waals surface area contributed by atoms with Crippen LogP contribution in [-0.2, 0) is 30.1 Å². The molecule has 0 aromatic heterocycles. The molecule has 1 aliphatic rings. The summed E-state index contributed by atoms with van der Waals surface area (Å²) >= 11 is 4.98. The summed E-state index contributed by atoms with van der Waals surface area (Å²) in [4.78, 5) is 3.36. The molecule has 15 heteroatoms. The first-order valence-corrected chi connectivity index (χ1v) is 25.3. The van der Waals surface area contributed by atoms with Crippen molar-refractivity contribution >= 4 is 65.4 Å². The lowest BCUT2D eigenvalue weighted by molar-refractivity contribution is 0.465. The minimum absolute atomic E-state index is 0.0174. The smallest absolute Gasteiger partial charge is 0.207 e. The predicted molar refractivity (Wildman–Crippen MR) is 226 cm³/mol. The molecule has 0 aliphatic carbocycles. The lowest BCUT2D eigenvalue weighted by Crippen LogP contribution is -2.33. The van der Waals surface area contributed by atoms with Crippen LogP contribution >= 0.6 is 35.3 Å². The van der Waals surface area contributed by atoms with E-state index >= 15 is 0 Å². The highest BCUT2D eigenvalue weighted by molar-refractivity contribution is 7.99. The van der Waals surface area contributed by atoms with Gasteiger partial charge in [-0.1, -0.05) is 57.2 Å². The van der Waals surface area contributed by atoms with Gasteiger partial charge in [-0.05, 0) is 109 Å². The molecule has 0 atom stereocenters. The quantitative estimate of drug-likeness (QED) is 0.110. The molecule has 0 unspecified atom stereocenters. The number of rotatable bonds is 15. The van der Waals surface area contributed by atoms with Crippen molar-refractivity contribution in [3.05, 3.63) is 109 Å². The minimum atomic E-state index is -3.96. The van der Waals surface area contributed by atoms with Gasteiger partial charge in [-0.25, -0.2) is 25.3 Å². The molecule has 0 spiro atoms. The predicted octanol–water partition coefficient (Wildman–Crippen LogP) is 8.25. The highest BCUT2D eigenvalue weighted by Gasteiger charge is 2.26. The second-order valence-corrected chi connectivity index (χ2v) is 21.7. The van der Waals surface area contributed by atoms with Gasteiger partial charge in [-0.15, -0.1) is 35.3 Å². The van der Waals surface area contributed by atoms with Crippen molar-refractivity contribution in [3.8, 4) is 0 Å². The van der Waals surface area contributed by atoms with E-state index in [1.54, 1.807) is 145 Å². The third-order valence-electron chi connectivity index (χ3n) is 8.16. The molecule has 0 fully saturated rings. The number of nitrogens with zero attached hydrogens (tertiary/aromatic N) is 3. The summed E-state index contributed by atoms with van der Waals surface area (Å²) in [5, 5.41) is 0. The van der Waals surface area contributed by atoms with Gasteiger partial charge in [-0.3, -0.25) is 0 Å². The van der Waals surface area contributed by atoms with Crippen LogP contribution in [0.5, 0.6) is 0 Å². The topological polar surface area (TPSA) is 112 Å².